The maximum absolute atomic E-state index is 12.9. The van der Waals surface area contributed by atoms with Gasteiger partial charge in [-0.1, -0.05) is 24.3 Å². The van der Waals surface area contributed by atoms with E-state index in [1.165, 1.54) is 13.8 Å². The predicted molar refractivity (Wildman–Crippen MR) is 257 cm³/mol. The number of likely N-dealkylation sites (tertiary alicyclic amines) is 2. The highest BCUT2D eigenvalue weighted by atomic mass is 35.5. The second-order valence-electron chi connectivity index (χ2n) is 17.7. The number of methoxy groups -OCH3 is 2. The van der Waals surface area contributed by atoms with Crippen LogP contribution in [-0.2, 0) is 50.7 Å². The number of Topliss-reactive ketones (excluding diaryl/α,β-unsaturated/α-hetero) is 1. The van der Waals surface area contributed by atoms with Crippen molar-refractivity contribution in [1.29, 1.82) is 0 Å². The summed E-state index contributed by atoms with van der Waals surface area (Å²) in [7, 11) is -0.921. The summed E-state index contributed by atoms with van der Waals surface area (Å²) in [5, 5.41) is 11.0. The van der Waals surface area contributed by atoms with Crippen LogP contribution in [0.3, 0.4) is 0 Å². The second kappa shape index (κ2) is 28.2. The van der Waals surface area contributed by atoms with E-state index in [0.29, 0.717) is 38.8 Å². The van der Waals surface area contributed by atoms with E-state index in [2.05, 4.69) is 14.4 Å². The summed E-state index contributed by atoms with van der Waals surface area (Å²) in [6.45, 7) is 3.78. The number of nitrogens with one attached hydrogen (secondary N) is 1. The molecule has 74 heavy (non-hydrogen) atoms. The van der Waals surface area contributed by atoms with Gasteiger partial charge in [0.05, 0.1) is 51.5 Å². The lowest BCUT2D eigenvalue weighted by molar-refractivity contribution is -0.141. The number of hydrogen-bond donors (Lipinski definition) is 3. The SMILES string of the molecule is CCOP(=O)(OCC)C(F)F.COc1ccc(CN2C(=O)C3CC(=C(F)F)C2C3)cc1.COc1ccc(CN2C(=O)C3CC(=O)C2C3)cc1.Cl.Cl.N[C@H]1C[C@@H](C(=O)O)CC1=C(F)F.O=C1NC2CC1CC2=C(F)F. The van der Waals surface area contributed by atoms with Gasteiger partial charge in [0.25, 0.3) is 18.2 Å². The van der Waals surface area contributed by atoms with Crippen molar-refractivity contribution >= 4 is 61.9 Å². The zero-order valence-corrected chi connectivity index (χ0v) is 43.1. The molecule has 3 saturated heterocycles. The van der Waals surface area contributed by atoms with Gasteiger partial charge in [0.15, 0.2) is 5.78 Å². The molecule has 6 bridgehead atoms. The zero-order valence-electron chi connectivity index (χ0n) is 40.6. The van der Waals surface area contributed by atoms with Crippen LogP contribution in [0, 0.1) is 23.7 Å². The number of piperidine rings is 3. The van der Waals surface area contributed by atoms with Gasteiger partial charge in [-0.3, -0.25) is 28.5 Å². The van der Waals surface area contributed by atoms with Crippen LogP contribution < -0.4 is 20.5 Å². The van der Waals surface area contributed by atoms with Crippen molar-refractivity contribution in [3.63, 3.8) is 0 Å². The summed E-state index contributed by atoms with van der Waals surface area (Å²) in [4.78, 5) is 60.3. The summed E-state index contributed by atoms with van der Waals surface area (Å²) < 4.78 is 127. The van der Waals surface area contributed by atoms with Gasteiger partial charge in [-0.2, -0.15) is 35.1 Å². The highest BCUT2D eigenvalue weighted by Gasteiger charge is 2.51. The molecule has 3 amide bonds. The number of ether oxygens (including phenoxy) is 2. The molecule has 412 valence electrons. The molecule has 4 aliphatic carbocycles. The predicted octanol–water partition coefficient (Wildman–Crippen LogP) is 9.67. The van der Waals surface area contributed by atoms with E-state index >= 15 is 0 Å². The molecule has 15 nitrogen and oxygen atoms in total. The molecule has 0 radical (unpaired) electrons. The van der Waals surface area contributed by atoms with E-state index in [1.54, 1.807) is 36.2 Å². The number of ketones is 1. The largest absolute Gasteiger partial charge is 0.497 e. The van der Waals surface area contributed by atoms with Gasteiger partial charge in [0.2, 0.25) is 17.7 Å². The molecule has 3 aliphatic heterocycles. The molecule has 9 rings (SSSR count). The number of amides is 3. The van der Waals surface area contributed by atoms with E-state index in [1.807, 2.05) is 36.4 Å². The number of nitrogens with two attached hydrogens (primary N) is 1. The number of aliphatic carboxylic acids is 1. The zero-order chi connectivity index (χ0) is 53.2. The van der Waals surface area contributed by atoms with Crippen molar-refractivity contribution in [3.8, 4) is 11.5 Å². The first-order chi connectivity index (χ1) is 34.0. The number of nitrogens with zero attached hydrogens (tertiary/aromatic N) is 2. The Hall–Kier alpha value is -5.06. The lowest BCUT2D eigenvalue weighted by Crippen LogP contribution is -2.41. The number of halogens is 10. The highest BCUT2D eigenvalue weighted by molar-refractivity contribution is 7.54. The van der Waals surface area contributed by atoms with Crippen LogP contribution in [0.2, 0.25) is 0 Å². The monoisotopic (exact) mass is 1120 g/mol. The fourth-order valence-electron chi connectivity index (χ4n) is 9.59. The normalized spacial score (nSPS) is 24.6. The molecule has 2 aromatic rings. The van der Waals surface area contributed by atoms with Gasteiger partial charge in [0.1, 0.15) is 11.5 Å². The lowest BCUT2D eigenvalue weighted by Gasteiger charge is -2.28. The summed E-state index contributed by atoms with van der Waals surface area (Å²) in [6, 6.07) is 13.2. The number of hydrogen-bond acceptors (Lipinski definition) is 11. The first-order valence-electron chi connectivity index (χ1n) is 23.0. The Balaban J connectivity index is 0.000000248. The number of carbonyl (C=O) groups is 5. The van der Waals surface area contributed by atoms with Gasteiger partial charge in [-0.05, 0) is 94.2 Å². The van der Waals surface area contributed by atoms with Crippen LogP contribution in [0.1, 0.15) is 76.3 Å². The molecule has 6 unspecified atom stereocenters. The first-order valence-corrected chi connectivity index (χ1v) is 24.6. The third-order valence-corrected chi connectivity index (χ3v) is 14.9. The standard InChI is InChI=1S/C15H15F2NO2.C14H15NO3.C7H9F2NO2.C7H7F2NO.C5H11F2O3P.2ClH/c1-20-11-4-2-9(3-5-11)8-18-13-7-10(15(18)19)6-12(13)14(16)17;1-18-11-4-2-9(3-5-11)8-15-12-6-10(14(15)17)7-13(12)16;8-6(9)4-1-3(7(11)12)2-5(4)10;8-6(9)4-1-3-2-5(4)10-7(3)11;1-3-9-11(8,5(6)7)10-4-2;;/h2-5,10,13H,6-8H2,1H3;2-5,10,12H,6-8H2,1H3;3,5H,1-2,10H2,(H,11,12);3,5H,1-2H2,(H,10,11);5H,3-4H2,1-2H3;2*1H/t;;3-,5-;;;;/m..0..../s1. The molecule has 7 fully saturated rings. The Morgan fingerprint density at radius 1 is 0.676 bits per heavy atom. The van der Waals surface area contributed by atoms with Crippen LogP contribution in [0.25, 0.3) is 0 Å². The number of benzene rings is 2. The topological polar surface area (TPSA) is 204 Å². The van der Waals surface area contributed by atoms with Crippen LogP contribution in [0.15, 0.2) is 83.5 Å². The summed E-state index contributed by atoms with van der Waals surface area (Å²) in [6.07, 6.45) is -5.37. The highest BCUT2D eigenvalue weighted by Crippen LogP contribution is 2.54. The fraction of sp³-hybridized carbons (Fsp3) is 0.521. The van der Waals surface area contributed by atoms with E-state index in [4.69, 9.17) is 20.3 Å². The number of fused-ring (bicyclic) bond motifs is 6. The minimum atomic E-state index is -4.12. The molecule has 4 saturated carbocycles. The van der Waals surface area contributed by atoms with Crippen LogP contribution in [-0.4, -0.2) is 102 Å². The molecule has 26 heteroatoms. The quantitative estimate of drug-likeness (QED) is 0.134. The fourth-order valence-corrected chi connectivity index (χ4v) is 10.6. The Bertz CT molecular complexity index is 2440. The molecule has 3 heterocycles. The molecule has 4 N–H and O–H groups in total. The minimum absolute atomic E-state index is 0. The first kappa shape index (κ1) is 63.2. The number of alkyl halides is 2. The van der Waals surface area contributed by atoms with Crippen LogP contribution in [0.4, 0.5) is 35.1 Å². The van der Waals surface area contributed by atoms with E-state index in [9.17, 15) is 63.7 Å². The molecule has 2 aromatic carbocycles. The number of carboxylic acids is 1. The van der Waals surface area contributed by atoms with E-state index < -0.39 is 56.0 Å². The van der Waals surface area contributed by atoms with Gasteiger partial charge < -0.3 is 44.5 Å². The van der Waals surface area contributed by atoms with E-state index in [0.717, 1.165) is 22.6 Å². The maximum Gasteiger partial charge on any atom is 0.396 e. The van der Waals surface area contributed by atoms with Crippen LogP contribution in [0.5, 0.6) is 11.5 Å². The van der Waals surface area contributed by atoms with Crippen LogP contribution >= 0.6 is 32.4 Å². The Morgan fingerprint density at radius 3 is 1.46 bits per heavy atom. The molecule has 0 spiro atoms. The average molecular weight is 1120 g/mol. The third-order valence-electron chi connectivity index (χ3n) is 13.2. The van der Waals surface area contributed by atoms with Crippen molar-refractivity contribution in [1.82, 2.24) is 15.1 Å². The van der Waals surface area contributed by atoms with Gasteiger partial charge in [-0.25, -0.2) is 0 Å². The summed E-state index contributed by atoms with van der Waals surface area (Å²) in [5.41, 5.74) is 7.33. The molecule has 0 aromatic heterocycles. The average Bonchev–Trinajstić information content (AvgIpc) is 4.23. The molecule has 8 atom stereocenters. The van der Waals surface area contributed by atoms with Crippen molar-refractivity contribution in [2.24, 2.45) is 29.4 Å². The van der Waals surface area contributed by atoms with Gasteiger partial charge in [-0.15, -0.1) is 24.8 Å². The minimum Gasteiger partial charge on any atom is -0.497 e. The summed E-state index contributed by atoms with van der Waals surface area (Å²) >= 11 is 0. The molecule has 7 aliphatic rings. The van der Waals surface area contributed by atoms with Crippen molar-refractivity contribution < 1.29 is 87.3 Å². The lowest BCUT2D eigenvalue weighted by atomic mass is 10.0. The second-order valence-corrected chi connectivity index (χ2v) is 19.7. The Kier molecular flexibility index (Phi) is 24.1. The molecular formula is C48H59Cl2F8N4O11P. The third kappa shape index (κ3) is 15.5. The summed E-state index contributed by atoms with van der Waals surface area (Å²) in [5.74, 6) is -0.480. The van der Waals surface area contributed by atoms with Crippen molar-refractivity contribution in [2.45, 2.75) is 109 Å². The molecular weight excluding hydrogens is 1060 g/mol. The Labute approximate surface area is 434 Å². The van der Waals surface area contributed by atoms with Gasteiger partial charge in [0, 0.05) is 60.0 Å². The number of rotatable bonds is 12. The number of carboxylic acid groups (broad SMARTS) is 1. The van der Waals surface area contributed by atoms with Gasteiger partial charge >= 0.3 is 19.7 Å². The van der Waals surface area contributed by atoms with Crippen molar-refractivity contribution in [3.05, 3.63) is 94.6 Å². The maximum atomic E-state index is 12.9. The van der Waals surface area contributed by atoms with E-state index in [-0.39, 0.29) is 134 Å². The van der Waals surface area contributed by atoms with Crippen molar-refractivity contribution in [2.75, 3.05) is 27.4 Å². The number of carbonyl (C=O) groups excluding carboxylic acids is 4. The smallest absolute Gasteiger partial charge is 0.396 e. The Morgan fingerprint density at radius 2 is 1.12 bits per heavy atom.